The number of sulfonamides is 1. The van der Waals surface area contributed by atoms with Gasteiger partial charge in [0.05, 0.1) is 17.0 Å². The molecule has 0 unspecified atom stereocenters. The minimum atomic E-state index is -3.53. The van der Waals surface area contributed by atoms with Crippen molar-refractivity contribution in [1.82, 2.24) is 4.98 Å². The SMILES string of the molecule is CS(=O)(=O)Nc1cc(C(=O)Nc2ncccc2O)ccc1Cl. The number of anilines is 2. The molecule has 0 spiro atoms. The molecule has 22 heavy (non-hydrogen) atoms. The number of halogens is 1. The fourth-order valence-corrected chi connectivity index (χ4v) is 2.41. The number of benzene rings is 1. The lowest BCUT2D eigenvalue weighted by Crippen LogP contribution is -2.15. The molecule has 2 aromatic rings. The van der Waals surface area contributed by atoms with Gasteiger partial charge in [-0.2, -0.15) is 0 Å². The second-order valence-corrected chi connectivity index (χ2v) is 6.55. The quantitative estimate of drug-likeness (QED) is 0.788. The predicted octanol–water partition coefficient (Wildman–Crippen LogP) is 2.06. The summed E-state index contributed by atoms with van der Waals surface area (Å²) >= 11 is 5.88. The third-order valence-corrected chi connectivity index (χ3v) is 3.46. The van der Waals surface area contributed by atoms with Gasteiger partial charge in [0, 0.05) is 11.8 Å². The minimum Gasteiger partial charge on any atom is -0.504 e. The summed E-state index contributed by atoms with van der Waals surface area (Å²) in [5.74, 6) is -0.749. The summed E-state index contributed by atoms with van der Waals surface area (Å²) < 4.78 is 24.7. The Hall–Kier alpha value is -2.32. The van der Waals surface area contributed by atoms with E-state index >= 15 is 0 Å². The molecule has 2 rings (SSSR count). The summed E-state index contributed by atoms with van der Waals surface area (Å²) in [6, 6.07) is 6.99. The molecule has 0 aliphatic heterocycles. The maximum absolute atomic E-state index is 12.1. The van der Waals surface area contributed by atoms with Crippen LogP contribution in [0.1, 0.15) is 10.4 Å². The lowest BCUT2D eigenvalue weighted by Gasteiger charge is -2.09. The molecule has 116 valence electrons. The van der Waals surface area contributed by atoms with Crippen molar-refractivity contribution in [2.24, 2.45) is 0 Å². The lowest BCUT2D eigenvalue weighted by atomic mass is 10.2. The molecule has 0 saturated carbocycles. The van der Waals surface area contributed by atoms with Crippen LogP contribution >= 0.6 is 11.6 Å². The van der Waals surface area contributed by atoms with Crippen molar-refractivity contribution >= 4 is 39.0 Å². The molecule has 0 bridgehead atoms. The molecule has 0 fully saturated rings. The second kappa shape index (κ2) is 6.20. The van der Waals surface area contributed by atoms with Gasteiger partial charge >= 0.3 is 0 Å². The Morgan fingerprint density at radius 3 is 2.68 bits per heavy atom. The van der Waals surface area contributed by atoms with Gasteiger partial charge in [0.25, 0.3) is 5.91 Å². The van der Waals surface area contributed by atoms with Gasteiger partial charge in [-0.15, -0.1) is 0 Å². The van der Waals surface area contributed by atoms with E-state index < -0.39 is 15.9 Å². The summed E-state index contributed by atoms with van der Waals surface area (Å²) in [4.78, 5) is 15.9. The van der Waals surface area contributed by atoms with E-state index in [1.165, 1.54) is 36.5 Å². The van der Waals surface area contributed by atoms with E-state index in [0.717, 1.165) is 6.26 Å². The Labute approximate surface area is 132 Å². The van der Waals surface area contributed by atoms with E-state index in [4.69, 9.17) is 11.6 Å². The molecule has 3 N–H and O–H groups in total. The zero-order chi connectivity index (χ0) is 16.3. The van der Waals surface area contributed by atoms with Gasteiger partial charge in [0.1, 0.15) is 0 Å². The number of aromatic hydroxyl groups is 1. The monoisotopic (exact) mass is 341 g/mol. The van der Waals surface area contributed by atoms with Gasteiger partial charge in [-0.1, -0.05) is 11.6 Å². The zero-order valence-corrected chi connectivity index (χ0v) is 12.9. The zero-order valence-electron chi connectivity index (χ0n) is 11.4. The van der Waals surface area contributed by atoms with Crippen molar-refractivity contribution in [2.45, 2.75) is 0 Å². The van der Waals surface area contributed by atoms with Crippen LogP contribution < -0.4 is 10.0 Å². The topological polar surface area (TPSA) is 108 Å². The third-order valence-electron chi connectivity index (χ3n) is 2.54. The van der Waals surface area contributed by atoms with Crippen LogP contribution in [0.2, 0.25) is 5.02 Å². The fourth-order valence-electron chi connectivity index (χ4n) is 1.62. The molecule has 9 heteroatoms. The largest absolute Gasteiger partial charge is 0.504 e. The maximum Gasteiger partial charge on any atom is 0.256 e. The Morgan fingerprint density at radius 1 is 1.32 bits per heavy atom. The number of hydrogen-bond acceptors (Lipinski definition) is 5. The van der Waals surface area contributed by atoms with E-state index in [-0.39, 0.29) is 27.8 Å². The number of amides is 1. The average molecular weight is 342 g/mol. The van der Waals surface area contributed by atoms with Crippen LogP contribution in [0.15, 0.2) is 36.5 Å². The van der Waals surface area contributed by atoms with Crippen LogP contribution in [0.3, 0.4) is 0 Å². The molecular weight excluding hydrogens is 330 g/mol. The molecule has 0 aliphatic carbocycles. The standard InChI is InChI=1S/C13H12ClN3O4S/c1-22(20,21)17-10-7-8(4-5-9(10)14)13(19)16-12-11(18)3-2-6-15-12/h2-7,17-18H,1H3,(H,15,16,19). The smallest absolute Gasteiger partial charge is 0.256 e. The van der Waals surface area contributed by atoms with Crippen LogP contribution in [0, 0.1) is 0 Å². The molecular formula is C13H12ClN3O4S. The molecule has 7 nitrogen and oxygen atoms in total. The average Bonchev–Trinajstić information content (AvgIpc) is 2.42. The van der Waals surface area contributed by atoms with Gasteiger partial charge in [0.15, 0.2) is 11.6 Å². The Kier molecular flexibility index (Phi) is 4.53. The number of rotatable bonds is 4. The van der Waals surface area contributed by atoms with Crippen LogP contribution in [-0.4, -0.2) is 30.7 Å². The number of hydrogen-bond donors (Lipinski definition) is 3. The summed E-state index contributed by atoms with van der Waals surface area (Å²) in [6.45, 7) is 0. The van der Waals surface area contributed by atoms with E-state index in [2.05, 4.69) is 15.0 Å². The second-order valence-electron chi connectivity index (χ2n) is 4.39. The van der Waals surface area contributed by atoms with E-state index in [9.17, 15) is 18.3 Å². The molecule has 0 saturated heterocycles. The third kappa shape index (κ3) is 4.09. The molecule has 1 aromatic carbocycles. The molecule has 0 radical (unpaired) electrons. The van der Waals surface area contributed by atoms with Crippen molar-refractivity contribution in [3.05, 3.63) is 47.1 Å². The normalized spacial score (nSPS) is 11.0. The van der Waals surface area contributed by atoms with Crippen molar-refractivity contribution < 1.29 is 18.3 Å². The van der Waals surface area contributed by atoms with Crippen molar-refractivity contribution in [3.63, 3.8) is 0 Å². The lowest BCUT2D eigenvalue weighted by molar-refractivity contribution is 0.102. The van der Waals surface area contributed by atoms with Gasteiger partial charge in [-0.3, -0.25) is 9.52 Å². The first kappa shape index (κ1) is 16.1. The maximum atomic E-state index is 12.1. The van der Waals surface area contributed by atoms with Crippen LogP contribution in [0.25, 0.3) is 0 Å². The molecule has 1 amide bonds. The molecule has 0 atom stereocenters. The van der Waals surface area contributed by atoms with Gasteiger partial charge in [-0.25, -0.2) is 13.4 Å². The van der Waals surface area contributed by atoms with Crippen molar-refractivity contribution in [2.75, 3.05) is 16.3 Å². The summed E-state index contributed by atoms with van der Waals surface area (Å²) in [7, 11) is -3.53. The number of carbonyl (C=O) groups is 1. The first-order chi connectivity index (χ1) is 10.3. The number of nitrogens with zero attached hydrogens (tertiary/aromatic N) is 1. The van der Waals surface area contributed by atoms with Gasteiger partial charge < -0.3 is 10.4 Å². The number of pyridine rings is 1. The number of carbonyl (C=O) groups excluding carboxylic acids is 1. The number of nitrogens with one attached hydrogen (secondary N) is 2. The van der Waals surface area contributed by atoms with Gasteiger partial charge in [0.2, 0.25) is 10.0 Å². The summed E-state index contributed by atoms with van der Waals surface area (Å²) in [5.41, 5.74) is 0.239. The Morgan fingerprint density at radius 2 is 2.05 bits per heavy atom. The first-order valence-electron chi connectivity index (χ1n) is 5.99. The van der Waals surface area contributed by atoms with E-state index in [1.54, 1.807) is 0 Å². The van der Waals surface area contributed by atoms with Crippen molar-refractivity contribution in [1.29, 1.82) is 0 Å². The summed E-state index contributed by atoms with van der Waals surface area (Å²) in [5, 5.41) is 12.1. The van der Waals surface area contributed by atoms with E-state index in [0.29, 0.717) is 0 Å². The highest BCUT2D eigenvalue weighted by Crippen LogP contribution is 2.25. The van der Waals surface area contributed by atoms with Crippen LogP contribution in [0.4, 0.5) is 11.5 Å². The highest BCUT2D eigenvalue weighted by atomic mass is 35.5. The molecule has 0 aliphatic rings. The van der Waals surface area contributed by atoms with Crippen molar-refractivity contribution in [3.8, 4) is 5.75 Å². The minimum absolute atomic E-state index is 0.0000669. The molecule has 1 aromatic heterocycles. The highest BCUT2D eigenvalue weighted by Gasteiger charge is 2.13. The Bertz CT molecular complexity index is 824. The van der Waals surface area contributed by atoms with Crippen LogP contribution in [-0.2, 0) is 10.0 Å². The Balaban J connectivity index is 2.27. The highest BCUT2D eigenvalue weighted by molar-refractivity contribution is 7.92. The number of aromatic nitrogens is 1. The molecule has 1 heterocycles. The van der Waals surface area contributed by atoms with Gasteiger partial charge in [-0.05, 0) is 30.3 Å². The predicted molar refractivity (Wildman–Crippen MR) is 83.8 cm³/mol. The van der Waals surface area contributed by atoms with Crippen LogP contribution in [0.5, 0.6) is 5.75 Å². The van der Waals surface area contributed by atoms with E-state index in [1.807, 2.05) is 0 Å². The first-order valence-corrected chi connectivity index (χ1v) is 8.26. The fraction of sp³-hybridized carbons (Fsp3) is 0.0769. The summed E-state index contributed by atoms with van der Waals surface area (Å²) in [6.07, 6.45) is 2.38.